The molecule has 5 N–H and O–H groups in total. The molecule has 2 atom stereocenters. The van der Waals surface area contributed by atoms with E-state index >= 15 is 0 Å². The van der Waals surface area contributed by atoms with Gasteiger partial charge < -0.3 is 31.4 Å². The number of rotatable bonds is 6. The standard InChI is InChI=1S/C23H34N6O3/c1-13-15-12-26-21(30)18(15)19(14(10-24)11-25-5)29-20(13)27-16-8-6-7-9-17(16)28-22(31)32-23(2,3)4/h10-11,16-17,24-25H,6-9,12H2,1-5H3,(H,26,30)(H,27,29)(H,28,31)/b14-11+,24-10?. The zero-order chi connectivity index (χ0) is 23.5. The van der Waals surface area contributed by atoms with Gasteiger partial charge in [0.05, 0.1) is 17.3 Å². The van der Waals surface area contributed by atoms with E-state index in [1.807, 2.05) is 27.7 Å². The fraction of sp³-hybridized carbons (Fsp3) is 0.565. The van der Waals surface area contributed by atoms with Crippen LogP contribution in [0.3, 0.4) is 0 Å². The number of ether oxygens (including phenoxy) is 1. The molecule has 2 unspecified atom stereocenters. The van der Waals surface area contributed by atoms with E-state index in [4.69, 9.17) is 15.1 Å². The lowest BCUT2D eigenvalue weighted by molar-refractivity contribution is 0.0488. The lowest BCUT2D eigenvalue weighted by Crippen LogP contribution is -2.50. The van der Waals surface area contributed by atoms with Gasteiger partial charge >= 0.3 is 6.09 Å². The summed E-state index contributed by atoms with van der Waals surface area (Å²) in [6.07, 6.45) is 6.24. The molecule has 1 aliphatic carbocycles. The van der Waals surface area contributed by atoms with Gasteiger partial charge in [0.1, 0.15) is 11.4 Å². The van der Waals surface area contributed by atoms with Crippen molar-refractivity contribution in [2.24, 2.45) is 0 Å². The molecule has 1 fully saturated rings. The molecule has 2 aliphatic rings. The number of nitrogens with one attached hydrogen (secondary N) is 5. The van der Waals surface area contributed by atoms with Crippen molar-refractivity contribution in [2.75, 3.05) is 12.4 Å². The Morgan fingerprint density at radius 1 is 1.25 bits per heavy atom. The maximum atomic E-state index is 12.5. The molecule has 9 nitrogen and oxygen atoms in total. The Morgan fingerprint density at radius 3 is 2.56 bits per heavy atom. The van der Waals surface area contributed by atoms with Gasteiger partial charge in [-0.1, -0.05) is 12.8 Å². The highest BCUT2D eigenvalue weighted by molar-refractivity contribution is 6.13. The molecule has 0 bridgehead atoms. The maximum Gasteiger partial charge on any atom is 0.407 e. The van der Waals surface area contributed by atoms with Crippen LogP contribution in [0.2, 0.25) is 0 Å². The molecule has 32 heavy (non-hydrogen) atoms. The first kappa shape index (κ1) is 23.6. The molecule has 1 aromatic rings. The molecule has 2 heterocycles. The van der Waals surface area contributed by atoms with E-state index in [0.29, 0.717) is 29.2 Å². The number of alkyl carbamates (subject to hydrolysis) is 1. The van der Waals surface area contributed by atoms with Gasteiger partial charge in [0.2, 0.25) is 0 Å². The second kappa shape index (κ2) is 9.58. The van der Waals surface area contributed by atoms with Crippen molar-refractivity contribution < 1.29 is 14.3 Å². The van der Waals surface area contributed by atoms with Gasteiger partial charge in [0.15, 0.2) is 0 Å². The van der Waals surface area contributed by atoms with Gasteiger partial charge in [-0.15, -0.1) is 0 Å². The summed E-state index contributed by atoms with van der Waals surface area (Å²) in [4.78, 5) is 29.6. The number of carbonyl (C=O) groups is 2. The minimum atomic E-state index is -0.558. The Bertz CT molecular complexity index is 935. The quantitative estimate of drug-likeness (QED) is 0.431. The topological polar surface area (TPSA) is 128 Å². The number of carbonyl (C=O) groups excluding carboxylic acids is 2. The summed E-state index contributed by atoms with van der Waals surface area (Å²) in [6, 6.07) is -0.110. The van der Waals surface area contributed by atoms with Gasteiger partial charge in [-0.3, -0.25) is 4.79 Å². The Balaban J connectivity index is 1.91. The van der Waals surface area contributed by atoms with E-state index in [2.05, 4.69) is 21.3 Å². The second-order valence-corrected chi connectivity index (χ2v) is 9.29. The van der Waals surface area contributed by atoms with Crippen LogP contribution in [0.5, 0.6) is 0 Å². The lowest BCUT2D eigenvalue weighted by atomic mass is 9.90. The summed E-state index contributed by atoms with van der Waals surface area (Å²) in [6.45, 7) is 7.91. The molecule has 1 aliphatic heterocycles. The molecular weight excluding hydrogens is 408 g/mol. The summed E-state index contributed by atoms with van der Waals surface area (Å²) in [5.74, 6) is 0.491. The maximum absolute atomic E-state index is 12.5. The average molecular weight is 443 g/mol. The molecule has 0 radical (unpaired) electrons. The summed E-state index contributed by atoms with van der Waals surface area (Å²) in [5.41, 5.74) is 2.74. The van der Waals surface area contributed by atoms with Crippen molar-refractivity contribution in [3.8, 4) is 0 Å². The molecule has 1 aromatic heterocycles. The van der Waals surface area contributed by atoms with Crippen molar-refractivity contribution >= 4 is 29.6 Å². The van der Waals surface area contributed by atoms with E-state index < -0.39 is 11.7 Å². The normalized spacial score (nSPS) is 20.8. The van der Waals surface area contributed by atoms with Gasteiger partial charge in [-0.25, -0.2) is 9.78 Å². The van der Waals surface area contributed by atoms with E-state index in [1.54, 1.807) is 13.2 Å². The first-order valence-corrected chi connectivity index (χ1v) is 11.1. The number of hydrogen-bond donors (Lipinski definition) is 5. The number of pyridine rings is 1. The number of aromatic nitrogens is 1. The number of fused-ring (bicyclic) bond motifs is 1. The van der Waals surface area contributed by atoms with Crippen LogP contribution in [0.4, 0.5) is 10.6 Å². The Labute approximate surface area is 189 Å². The first-order valence-electron chi connectivity index (χ1n) is 11.1. The highest BCUT2D eigenvalue weighted by Crippen LogP contribution is 2.32. The average Bonchev–Trinajstić information content (AvgIpc) is 3.10. The Hall–Kier alpha value is -3.10. The summed E-state index contributed by atoms with van der Waals surface area (Å²) < 4.78 is 5.45. The number of amides is 2. The second-order valence-electron chi connectivity index (χ2n) is 9.29. The third kappa shape index (κ3) is 5.20. The minimum absolute atomic E-state index is 0.0184. The summed E-state index contributed by atoms with van der Waals surface area (Å²) >= 11 is 0. The molecule has 0 saturated heterocycles. The van der Waals surface area contributed by atoms with Crippen LogP contribution in [-0.4, -0.2) is 47.9 Å². The predicted molar refractivity (Wildman–Crippen MR) is 125 cm³/mol. The molecule has 3 rings (SSSR count). The number of allylic oxidation sites excluding steroid dienone is 1. The van der Waals surface area contributed by atoms with Crippen molar-refractivity contribution in [3.63, 3.8) is 0 Å². The van der Waals surface area contributed by atoms with Crippen LogP contribution < -0.4 is 21.3 Å². The Morgan fingerprint density at radius 2 is 1.94 bits per heavy atom. The highest BCUT2D eigenvalue weighted by atomic mass is 16.6. The zero-order valence-corrected chi connectivity index (χ0v) is 19.5. The van der Waals surface area contributed by atoms with E-state index in [1.165, 1.54) is 6.21 Å². The number of nitrogens with zero attached hydrogens (tertiary/aromatic N) is 1. The fourth-order valence-corrected chi connectivity index (χ4v) is 4.24. The molecule has 0 spiro atoms. The SMILES string of the molecule is CN/C=C(\C=N)c1nc(NC2CCCCC2NC(=O)OC(C)(C)C)c(C)c2c1C(=O)NC2. The largest absolute Gasteiger partial charge is 0.444 e. The van der Waals surface area contributed by atoms with Gasteiger partial charge in [-0.05, 0) is 51.7 Å². The first-order chi connectivity index (χ1) is 15.1. The third-order valence-electron chi connectivity index (χ3n) is 5.74. The van der Waals surface area contributed by atoms with Gasteiger partial charge in [0.25, 0.3) is 5.91 Å². The molecule has 9 heteroatoms. The van der Waals surface area contributed by atoms with E-state index in [9.17, 15) is 9.59 Å². The van der Waals surface area contributed by atoms with Crippen molar-refractivity contribution in [2.45, 2.75) is 77.6 Å². The van der Waals surface area contributed by atoms with Crippen LogP contribution in [0.1, 0.15) is 73.6 Å². The number of anilines is 1. The third-order valence-corrected chi connectivity index (χ3v) is 5.74. The molecule has 0 aromatic carbocycles. The van der Waals surface area contributed by atoms with Crippen LogP contribution in [0.15, 0.2) is 6.20 Å². The highest BCUT2D eigenvalue weighted by Gasteiger charge is 2.32. The van der Waals surface area contributed by atoms with Crippen LogP contribution in [-0.2, 0) is 11.3 Å². The van der Waals surface area contributed by atoms with Gasteiger partial charge in [0, 0.05) is 37.6 Å². The Kier molecular flexibility index (Phi) is 7.06. The van der Waals surface area contributed by atoms with Crippen molar-refractivity contribution in [3.05, 3.63) is 28.6 Å². The zero-order valence-electron chi connectivity index (χ0n) is 19.5. The fourth-order valence-electron chi connectivity index (χ4n) is 4.24. The smallest absolute Gasteiger partial charge is 0.407 e. The minimum Gasteiger partial charge on any atom is -0.444 e. The summed E-state index contributed by atoms with van der Waals surface area (Å²) in [5, 5.41) is 20.1. The monoisotopic (exact) mass is 442 g/mol. The molecule has 2 amide bonds. The van der Waals surface area contributed by atoms with Crippen molar-refractivity contribution in [1.82, 2.24) is 20.9 Å². The van der Waals surface area contributed by atoms with Gasteiger partial charge in [-0.2, -0.15) is 0 Å². The molecular formula is C23H34N6O3. The molecule has 174 valence electrons. The lowest BCUT2D eigenvalue weighted by Gasteiger charge is -2.34. The number of hydrogen-bond acceptors (Lipinski definition) is 7. The van der Waals surface area contributed by atoms with Crippen LogP contribution in [0.25, 0.3) is 5.57 Å². The summed E-state index contributed by atoms with van der Waals surface area (Å²) in [7, 11) is 1.74. The molecule has 1 saturated carbocycles. The van der Waals surface area contributed by atoms with Crippen LogP contribution >= 0.6 is 0 Å². The van der Waals surface area contributed by atoms with Crippen LogP contribution in [0, 0.1) is 12.3 Å². The van der Waals surface area contributed by atoms with E-state index in [0.717, 1.165) is 36.8 Å². The van der Waals surface area contributed by atoms with Crippen molar-refractivity contribution in [1.29, 1.82) is 5.41 Å². The van der Waals surface area contributed by atoms with E-state index in [-0.39, 0.29) is 18.0 Å². The predicted octanol–water partition coefficient (Wildman–Crippen LogP) is 3.09.